The second-order valence-electron chi connectivity index (χ2n) is 5.54. The third kappa shape index (κ3) is 3.58. The lowest BCUT2D eigenvalue weighted by Crippen LogP contribution is -2.34. The van der Waals surface area contributed by atoms with E-state index in [1.807, 2.05) is 42.5 Å². The summed E-state index contributed by atoms with van der Waals surface area (Å²) < 4.78 is 6.47. The topological polar surface area (TPSA) is 72.4 Å². The Kier molecular flexibility index (Phi) is 5.19. The lowest BCUT2D eigenvalue weighted by Gasteiger charge is -2.24. The number of benzene rings is 2. The minimum Gasteiger partial charge on any atom is -0.460 e. The van der Waals surface area contributed by atoms with Crippen molar-refractivity contribution < 1.29 is 18.9 Å². The average Bonchev–Trinajstić information content (AvgIpc) is 2.64. The summed E-state index contributed by atoms with van der Waals surface area (Å²) in [6.07, 6.45) is 0. The number of para-hydroxylation sites is 1. The summed E-state index contributed by atoms with van der Waals surface area (Å²) in [7, 11) is 0. The standard InChI is InChI=1S/C19H18N2O3S/c1-2-24-18(23)16(22)12-21-15-11-7-6-10-14(15)17(25-19(21)20)13-8-4-3-5-9-13/h3-11,17,20H,2,12H2,1H3/p+1. The van der Waals surface area contributed by atoms with Gasteiger partial charge in [-0.15, -0.1) is 0 Å². The van der Waals surface area contributed by atoms with Crippen LogP contribution in [0.3, 0.4) is 0 Å². The van der Waals surface area contributed by atoms with Crippen LogP contribution in [0.2, 0.25) is 0 Å². The highest BCUT2D eigenvalue weighted by Crippen LogP contribution is 2.43. The Labute approximate surface area is 150 Å². The number of thioether (sulfide) groups is 1. The van der Waals surface area contributed by atoms with Crippen molar-refractivity contribution in [2.75, 3.05) is 13.2 Å². The van der Waals surface area contributed by atoms with Crippen LogP contribution in [0, 0.1) is 0 Å². The van der Waals surface area contributed by atoms with Crippen molar-refractivity contribution in [3.63, 3.8) is 0 Å². The van der Waals surface area contributed by atoms with Crippen LogP contribution in [0.1, 0.15) is 23.3 Å². The van der Waals surface area contributed by atoms with E-state index in [0.717, 1.165) is 16.8 Å². The largest absolute Gasteiger partial charge is 0.460 e. The zero-order valence-electron chi connectivity index (χ0n) is 13.8. The Bertz CT molecular complexity index is 834. The van der Waals surface area contributed by atoms with E-state index in [0.29, 0.717) is 5.17 Å². The molecule has 5 nitrogen and oxygen atoms in total. The van der Waals surface area contributed by atoms with Gasteiger partial charge in [0.25, 0.3) is 5.78 Å². The van der Waals surface area contributed by atoms with Crippen molar-refractivity contribution in [3.05, 3.63) is 65.7 Å². The predicted molar refractivity (Wildman–Crippen MR) is 97.9 cm³/mol. The number of fused-ring (bicyclic) bond motifs is 1. The van der Waals surface area contributed by atoms with E-state index in [-0.39, 0.29) is 18.4 Å². The number of ether oxygens (including phenoxy) is 1. The van der Waals surface area contributed by atoms with Crippen LogP contribution in [0.25, 0.3) is 0 Å². The Morgan fingerprint density at radius 3 is 2.52 bits per heavy atom. The van der Waals surface area contributed by atoms with E-state index >= 15 is 0 Å². The first-order valence-corrected chi connectivity index (χ1v) is 8.90. The quantitative estimate of drug-likeness (QED) is 0.507. The third-order valence-corrected chi connectivity index (χ3v) is 5.15. The molecule has 6 heteroatoms. The molecule has 0 saturated carbocycles. The van der Waals surface area contributed by atoms with Crippen LogP contribution in [0.5, 0.6) is 0 Å². The van der Waals surface area contributed by atoms with Gasteiger partial charge in [-0.05, 0) is 30.3 Å². The van der Waals surface area contributed by atoms with Crippen molar-refractivity contribution in [1.29, 1.82) is 0 Å². The molecule has 1 aliphatic rings. The van der Waals surface area contributed by atoms with E-state index in [9.17, 15) is 9.59 Å². The Hall–Kier alpha value is -2.60. The van der Waals surface area contributed by atoms with Gasteiger partial charge in [-0.25, -0.2) is 9.37 Å². The number of carbonyl (C=O) groups excluding carboxylic acids is 2. The number of amidine groups is 1. The first-order chi connectivity index (χ1) is 12.1. The summed E-state index contributed by atoms with van der Waals surface area (Å²) in [5.41, 5.74) is 9.28. The van der Waals surface area contributed by atoms with E-state index in [1.165, 1.54) is 11.8 Å². The van der Waals surface area contributed by atoms with Crippen LogP contribution in [-0.4, -0.2) is 34.6 Å². The molecule has 2 N–H and O–H groups in total. The van der Waals surface area contributed by atoms with Crippen LogP contribution in [0.15, 0.2) is 54.6 Å². The highest BCUT2D eigenvalue weighted by atomic mass is 32.2. The second-order valence-corrected chi connectivity index (χ2v) is 6.66. The average molecular weight is 355 g/mol. The van der Waals surface area contributed by atoms with E-state index in [4.69, 9.17) is 10.5 Å². The fraction of sp³-hybridized carbons (Fsp3) is 0.211. The van der Waals surface area contributed by atoms with Crippen molar-refractivity contribution in [1.82, 2.24) is 0 Å². The molecule has 0 saturated heterocycles. The molecule has 1 aliphatic heterocycles. The molecule has 3 rings (SSSR count). The fourth-order valence-electron chi connectivity index (χ4n) is 2.78. The molecule has 1 unspecified atom stereocenters. The molecule has 128 valence electrons. The van der Waals surface area contributed by atoms with Crippen LogP contribution >= 0.6 is 11.8 Å². The molecular weight excluding hydrogens is 336 g/mol. The number of rotatable bonds is 5. The number of hydrogen-bond acceptors (Lipinski definition) is 5. The maximum atomic E-state index is 12.1. The molecule has 0 radical (unpaired) electrons. The minimum atomic E-state index is -0.831. The van der Waals surface area contributed by atoms with Crippen molar-refractivity contribution in [3.8, 4) is 0 Å². The van der Waals surface area contributed by atoms with Gasteiger partial charge >= 0.3 is 11.1 Å². The molecule has 25 heavy (non-hydrogen) atoms. The number of Topliss-reactive ketones (excluding diaryl/α,β-unsaturated/α-hetero) is 1. The number of nitrogens with zero attached hydrogens (tertiary/aromatic N) is 1. The highest BCUT2D eigenvalue weighted by molar-refractivity contribution is 8.13. The highest BCUT2D eigenvalue weighted by Gasteiger charge is 2.33. The van der Waals surface area contributed by atoms with Gasteiger partial charge in [-0.3, -0.25) is 10.5 Å². The summed E-state index contributed by atoms with van der Waals surface area (Å²) in [5, 5.41) is 0.538. The summed E-state index contributed by atoms with van der Waals surface area (Å²) >= 11 is 1.47. The van der Waals surface area contributed by atoms with Gasteiger partial charge in [-0.2, -0.15) is 0 Å². The van der Waals surface area contributed by atoms with Crippen LogP contribution in [-0.2, 0) is 14.3 Å². The lowest BCUT2D eigenvalue weighted by molar-refractivity contribution is -0.426. The summed E-state index contributed by atoms with van der Waals surface area (Å²) in [5.74, 6) is -1.44. The number of esters is 1. The molecule has 1 atom stereocenters. The maximum Gasteiger partial charge on any atom is 0.378 e. The van der Waals surface area contributed by atoms with Crippen LogP contribution in [0.4, 0.5) is 5.69 Å². The van der Waals surface area contributed by atoms with Crippen LogP contribution < -0.4 is 5.73 Å². The minimum absolute atomic E-state index is 0.0475. The van der Waals surface area contributed by atoms with E-state index in [1.54, 1.807) is 11.5 Å². The molecule has 2 aromatic rings. The lowest BCUT2D eigenvalue weighted by atomic mass is 10.0. The normalized spacial score (nSPS) is 16.3. The Morgan fingerprint density at radius 1 is 1.12 bits per heavy atom. The summed E-state index contributed by atoms with van der Waals surface area (Å²) in [4.78, 5) is 23.8. The predicted octanol–water partition coefficient (Wildman–Crippen LogP) is 2.61. The van der Waals surface area contributed by atoms with Gasteiger partial charge in [0.15, 0.2) is 6.54 Å². The number of carbonyl (C=O) groups is 2. The maximum absolute atomic E-state index is 12.1. The zero-order valence-corrected chi connectivity index (χ0v) is 14.7. The first-order valence-electron chi connectivity index (χ1n) is 8.02. The SMILES string of the molecule is CCOC(=O)C(=O)C[N+]1=C(N)SC(c2ccccc2)c2ccccc21. The zero-order chi connectivity index (χ0) is 17.8. The van der Waals surface area contributed by atoms with Crippen molar-refractivity contribution in [2.24, 2.45) is 5.73 Å². The molecule has 0 bridgehead atoms. The molecule has 0 aliphatic carbocycles. The summed E-state index contributed by atoms with van der Waals surface area (Å²) in [6, 6.07) is 17.9. The van der Waals surface area contributed by atoms with E-state index < -0.39 is 11.8 Å². The third-order valence-electron chi connectivity index (χ3n) is 3.92. The van der Waals surface area contributed by atoms with Gasteiger partial charge in [-0.1, -0.05) is 48.5 Å². The molecule has 0 aromatic heterocycles. The molecular formula is C19H19N2O3S+. The van der Waals surface area contributed by atoms with Gasteiger partial charge in [0.2, 0.25) is 0 Å². The van der Waals surface area contributed by atoms with Gasteiger partial charge in [0.1, 0.15) is 5.69 Å². The Morgan fingerprint density at radius 2 is 1.80 bits per heavy atom. The monoisotopic (exact) mass is 355 g/mol. The molecule has 0 amide bonds. The number of hydrogen-bond donors (Lipinski definition) is 1. The first kappa shape index (κ1) is 17.2. The second kappa shape index (κ2) is 7.53. The smallest absolute Gasteiger partial charge is 0.378 e. The van der Waals surface area contributed by atoms with Gasteiger partial charge in [0.05, 0.1) is 11.9 Å². The Balaban J connectivity index is 1.96. The molecule has 2 aromatic carbocycles. The molecule has 1 heterocycles. The fourth-order valence-corrected chi connectivity index (χ4v) is 3.93. The summed E-state index contributed by atoms with van der Waals surface area (Å²) in [6.45, 7) is 1.71. The number of ketones is 1. The van der Waals surface area contributed by atoms with Gasteiger partial charge < -0.3 is 4.74 Å². The molecule has 0 fully saturated rings. The van der Waals surface area contributed by atoms with Crippen molar-refractivity contribution >= 4 is 34.4 Å². The van der Waals surface area contributed by atoms with Crippen molar-refractivity contribution in [2.45, 2.75) is 12.2 Å². The van der Waals surface area contributed by atoms with E-state index in [2.05, 4.69) is 12.1 Å². The number of nitrogens with two attached hydrogens (primary N) is 1. The molecule has 0 spiro atoms. The van der Waals surface area contributed by atoms with Gasteiger partial charge in [0, 0.05) is 5.56 Å².